The summed E-state index contributed by atoms with van der Waals surface area (Å²) in [6.07, 6.45) is 0.889. The Balaban J connectivity index is 4.82. The van der Waals surface area contributed by atoms with Crippen molar-refractivity contribution in [1.29, 1.82) is 0 Å². The molecule has 8 heteroatoms. The number of hydrogen-bond acceptors (Lipinski definition) is 4. The largest absolute Gasteiger partial charge is 0.480 e. The number of urea groups is 1. The lowest BCUT2D eigenvalue weighted by Crippen LogP contribution is -2.51. The Morgan fingerprint density at radius 2 is 1.71 bits per heavy atom. The number of sulfone groups is 1. The molecular formula is C13H26N2O5S. The van der Waals surface area contributed by atoms with E-state index in [-0.39, 0.29) is 24.1 Å². The number of rotatable bonds is 8. The zero-order valence-corrected chi connectivity index (χ0v) is 14.1. The van der Waals surface area contributed by atoms with Crippen LogP contribution in [0.4, 0.5) is 4.79 Å². The average Bonchev–Trinajstić information content (AvgIpc) is 2.28. The van der Waals surface area contributed by atoms with Gasteiger partial charge in [0.05, 0.1) is 5.75 Å². The summed E-state index contributed by atoms with van der Waals surface area (Å²) in [7, 11) is -3.27. The molecule has 0 spiro atoms. The Kier molecular flexibility index (Phi) is 7.70. The van der Waals surface area contributed by atoms with E-state index in [2.05, 4.69) is 5.32 Å². The van der Waals surface area contributed by atoms with Gasteiger partial charge in [-0.2, -0.15) is 0 Å². The van der Waals surface area contributed by atoms with Gasteiger partial charge in [0.2, 0.25) is 0 Å². The molecule has 2 amide bonds. The number of aliphatic carboxylic acids is 1. The highest BCUT2D eigenvalue weighted by atomic mass is 32.2. The molecule has 0 saturated heterocycles. The first-order valence-electron chi connectivity index (χ1n) is 6.91. The number of amides is 2. The van der Waals surface area contributed by atoms with E-state index in [4.69, 9.17) is 5.11 Å². The first-order valence-corrected chi connectivity index (χ1v) is 8.97. The zero-order chi connectivity index (χ0) is 16.8. The Morgan fingerprint density at radius 3 is 2.05 bits per heavy atom. The maximum Gasteiger partial charge on any atom is 0.326 e. The second-order valence-electron chi connectivity index (χ2n) is 5.90. The topological polar surface area (TPSA) is 104 Å². The number of nitrogens with one attached hydrogen (secondary N) is 1. The first-order chi connectivity index (χ1) is 9.44. The number of nitrogens with zero attached hydrogens (tertiary/aromatic N) is 1. The van der Waals surface area contributed by atoms with Crippen LogP contribution in [-0.4, -0.2) is 61.1 Å². The van der Waals surface area contributed by atoms with Gasteiger partial charge >= 0.3 is 12.0 Å². The van der Waals surface area contributed by atoms with E-state index in [1.807, 2.05) is 27.7 Å². The van der Waals surface area contributed by atoms with E-state index in [0.29, 0.717) is 6.54 Å². The minimum absolute atomic E-state index is 0.0725. The van der Waals surface area contributed by atoms with E-state index in [1.54, 1.807) is 4.90 Å². The summed E-state index contributed by atoms with van der Waals surface area (Å²) in [6, 6.07) is -1.77. The molecule has 1 unspecified atom stereocenters. The summed E-state index contributed by atoms with van der Waals surface area (Å²) in [6.45, 7) is 8.10. The predicted octanol–water partition coefficient (Wildman–Crippen LogP) is 0.950. The third kappa shape index (κ3) is 8.54. The molecule has 0 aliphatic carbocycles. The highest BCUT2D eigenvalue weighted by Crippen LogP contribution is 2.06. The summed E-state index contributed by atoms with van der Waals surface area (Å²) in [5, 5.41) is 11.5. The lowest BCUT2D eigenvalue weighted by atomic mass is 10.2. The average molecular weight is 322 g/mol. The van der Waals surface area contributed by atoms with Crippen LogP contribution < -0.4 is 5.32 Å². The van der Waals surface area contributed by atoms with Gasteiger partial charge < -0.3 is 15.3 Å². The molecule has 0 radical (unpaired) electrons. The van der Waals surface area contributed by atoms with Crippen molar-refractivity contribution in [3.05, 3.63) is 0 Å². The molecule has 21 heavy (non-hydrogen) atoms. The van der Waals surface area contributed by atoms with Gasteiger partial charge in [-0.3, -0.25) is 0 Å². The summed E-state index contributed by atoms with van der Waals surface area (Å²) < 4.78 is 22.2. The van der Waals surface area contributed by atoms with E-state index >= 15 is 0 Å². The van der Waals surface area contributed by atoms with Gasteiger partial charge in [0, 0.05) is 18.8 Å². The highest BCUT2D eigenvalue weighted by molar-refractivity contribution is 7.90. The molecule has 0 aliphatic heterocycles. The van der Waals surface area contributed by atoms with Gasteiger partial charge in [-0.05, 0) is 26.2 Å². The van der Waals surface area contributed by atoms with Crippen molar-refractivity contribution in [3.63, 3.8) is 0 Å². The Hall–Kier alpha value is -1.31. The van der Waals surface area contributed by atoms with E-state index in [9.17, 15) is 18.0 Å². The number of carbonyl (C=O) groups excluding carboxylic acids is 1. The van der Waals surface area contributed by atoms with Gasteiger partial charge in [0.1, 0.15) is 15.9 Å². The van der Waals surface area contributed by atoms with Crippen molar-refractivity contribution in [1.82, 2.24) is 10.2 Å². The van der Waals surface area contributed by atoms with Crippen molar-refractivity contribution in [2.24, 2.45) is 5.92 Å². The lowest BCUT2D eigenvalue weighted by Gasteiger charge is -2.30. The van der Waals surface area contributed by atoms with Crippen molar-refractivity contribution in [2.45, 2.75) is 46.2 Å². The fourth-order valence-electron chi connectivity index (χ4n) is 1.74. The lowest BCUT2D eigenvalue weighted by molar-refractivity contribution is -0.139. The summed E-state index contributed by atoms with van der Waals surface area (Å²) in [5.74, 6) is -1.27. The standard InChI is InChI=1S/C13H26N2O5S/c1-9(2)8-15(10(3)4)13(18)14-11(12(16)17)6-7-21(5,19)20/h9-11H,6-8H2,1-5H3,(H,14,18)(H,16,17). The third-order valence-electron chi connectivity index (χ3n) is 2.82. The molecule has 0 aromatic carbocycles. The molecule has 1 atom stereocenters. The minimum atomic E-state index is -3.27. The summed E-state index contributed by atoms with van der Waals surface area (Å²) in [4.78, 5) is 24.8. The molecule has 124 valence electrons. The van der Waals surface area contributed by atoms with Crippen molar-refractivity contribution >= 4 is 21.8 Å². The molecule has 0 aromatic heterocycles. The molecule has 0 aromatic rings. The molecule has 0 saturated carbocycles. The smallest absolute Gasteiger partial charge is 0.326 e. The number of carbonyl (C=O) groups is 2. The zero-order valence-electron chi connectivity index (χ0n) is 13.3. The molecule has 0 aliphatic rings. The van der Waals surface area contributed by atoms with Crippen LogP contribution in [0, 0.1) is 5.92 Å². The molecular weight excluding hydrogens is 296 g/mol. The van der Waals surface area contributed by atoms with E-state index < -0.39 is 27.9 Å². The maximum absolute atomic E-state index is 12.2. The highest BCUT2D eigenvalue weighted by Gasteiger charge is 2.25. The van der Waals surface area contributed by atoms with Crippen LogP contribution in [0.3, 0.4) is 0 Å². The van der Waals surface area contributed by atoms with Crippen LogP contribution in [0.25, 0.3) is 0 Å². The van der Waals surface area contributed by atoms with E-state index in [1.165, 1.54) is 0 Å². The van der Waals surface area contributed by atoms with Crippen LogP contribution in [0.1, 0.15) is 34.1 Å². The quantitative estimate of drug-likeness (QED) is 0.692. The van der Waals surface area contributed by atoms with Crippen LogP contribution in [0.5, 0.6) is 0 Å². The summed E-state index contributed by atoms with van der Waals surface area (Å²) >= 11 is 0. The van der Waals surface area contributed by atoms with Crippen LogP contribution in [-0.2, 0) is 14.6 Å². The number of carboxylic acids is 1. The Morgan fingerprint density at radius 1 is 1.19 bits per heavy atom. The van der Waals surface area contributed by atoms with Crippen LogP contribution >= 0.6 is 0 Å². The monoisotopic (exact) mass is 322 g/mol. The first kappa shape index (κ1) is 19.7. The fraction of sp³-hybridized carbons (Fsp3) is 0.846. The van der Waals surface area contributed by atoms with Crippen molar-refractivity contribution in [2.75, 3.05) is 18.6 Å². The molecule has 0 rings (SSSR count). The summed E-state index contributed by atoms with van der Waals surface area (Å²) in [5.41, 5.74) is 0. The fourth-order valence-corrected chi connectivity index (χ4v) is 2.41. The molecule has 0 heterocycles. The molecule has 0 fully saturated rings. The molecule has 2 N–H and O–H groups in total. The Bertz CT molecular complexity index is 459. The third-order valence-corrected chi connectivity index (χ3v) is 3.80. The van der Waals surface area contributed by atoms with Gasteiger partial charge in [0.25, 0.3) is 0 Å². The molecule has 0 bridgehead atoms. The van der Waals surface area contributed by atoms with Crippen molar-refractivity contribution < 1.29 is 23.1 Å². The molecule has 7 nitrogen and oxygen atoms in total. The van der Waals surface area contributed by atoms with Crippen LogP contribution in [0.15, 0.2) is 0 Å². The number of hydrogen-bond donors (Lipinski definition) is 2. The normalized spacial score (nSPS) is 13.3. The second kappa shape index (κ2) is 8.21. The predicted molar refractivity (Wildman–Crippen MR) is 81.0 cm³/mol. The van der Waals surface area contributed by atoms with Gasteiger partial charge in [-0.15, -0.1) is 0 Å². The van der Waals surface area contributed by atoms with Gasteiger partial charge in [-0.25, -0.2) is 18.0 Å². The second-order valence-corrected chi connectivity index (χ2v) is 8.16. The van der Waals surface area contributed by atoms with Gasteiger partial charge in [-0.1, -0.05) is 13.8 Å². The minimum Gasteiger partial charge on any atom is -0.480 e. The Labute approximate surface area is 126 Å². The SMILES string of the molecule is CC(C)CN(C(=O)NC(CCS(C)(=O)=O)C(=O)O)C(C)C. The van der Waals surface area contributed by atoms with Gasteiger partial charge in [0.15, 0.2) is 0 Å². The van der Waals surface area contributed by atoms with E-state index in [0.717, 1.165) is 6.26 Å². The number of carboxylic acid groups (broad SMARTS) is 1. The van der Waals surface area contributed by atoms with Crippen molar-refractivity contribution in [3.8, 4) is 0 Å². The van der Waals surface area contributed by atoms with Crippen LogP contribution in [0.2, 0.25) is 0 Å². The maximum atomic E-state index is 12.2.